The van der Waals surface area contributed by atoms with Crippen LogP contribution in [0.1, 0.15) is 12.8 Å². The molecule has 29 heavy (non-hydrogen) atoms. The zero-order chi connectivity index (χ0) is 19.8. The van der Waals surface area contributed by atoms with E-state index in [2.05, 4.69) is 25.6 Å². The van der Waals surface area contributed by atoms with Crippen LogP contribution in [0.5, 0.6) is 0 Å². The Hall–Kier alpha value is -2.87. The van der Waals surface area contributed by atoms with E-state index in [9.17, 15) is 4.79 Å². The van der Waals surface area contributed by atoms with Crippen molar-refractivity contribution in [1.29, 1.82) is 0 Å². The average molecular weight is 407 g/mol. The van der Waals surface area contributed by atoms with Gasteiger partial charge in [0.05, 0.1) is 11.9 Å². The van der Waals surface area contributed by atoms with Crippen LogP contribution in [0, 0.1) is 11.8 Å². The maximum Gasteiger partial charge on any atom is 0.255 e. The minimum Gasteiger partial charge on any atom is -0.367 e. The van der Waals surface area contributed by atoms with E-state index in [1.807, 2.05) is 36.8 Å². The Morgan fingerprint density at radius 2 is 1.76 bits per heavy atom. The fraction of sp³-hybridized carbons (Fsp3) is 0.333. The molecule has 0 bridgehead atoms. The molecule has 0 aromatic carbocycles. The van der Waals surface area contributed by atoms with Gasteiger partial charge in [-0.25, -0.2) is 15.0 Å². The minimum absolute atomic E-state index is 0.0617. The predicted molar refractivity (Wildman–Crippen MR) is 115 cm³/mol. The molecule has 7 nitrogen and oxygen atoms in total. The van der Waals surface area contributed by atoms with Crippen LogP contribution in [0.2, 0.25) is 0 Å². The summed E-state index contributed by atoms with van der Waals surface area (Å²) in [6.07, 6.45) is 11.5. The Kier molecular flexibility index (Phi) is 4.71. The molecule has 2 saturated carbocycles. The SMILES string of the molecule is CSc1cnc(N[C@@H]2C[C@@H](Nc3ccc(-n4ccccc4=O)cn3)[C@H]3C[C@H]32)nc1. The van der Waals surface area contributed by atoms with E-state index in [0.29, 0.717) is 29.9 Å². The third-order valence-corrected chi connectivity index (χ3v) is 6.48. The van der Waals surface area contributed by atoms with Gasteiger partial charge in [-0.2, -0.15) is 0 Å². The number of hydrogen-bond acceptors (Lipinski definition) is 7. The monoisotopic (exact) mass is 406 g/mol. The van der Waals surface area contributed by atoms with E-state index in [4.69, 9.17) is 0 Å². The molecular formula is C21H22N6OS. The number of aromatic nitrogens is 4. The summed E-state index contributed by atoms with van der Waals surface area (Å²) < 4.78 is 1.59. The number of nitrogens with zero attached hydrogens (tertiary/aromatic N) is 4. The van der Waals surface area contributed by atoms with Crippen LogP contribution in [0.15, 0.2) is 64.8 Å². The summed E-state index contributed by atoms with van der Waals surface area (Å²) in [6.45, 7) is 0. The first-order valence-corrected chi connectivity index (χ1v) is 11.0. The Bertz CT molecular complexity index is 1050. The van der Waals surface area contributed by atoms with Gasteiger partial charge in [0, 0.05) is 41.6 Å². The second-order valence-corrected chi connectivity index (χ2v) is 8.44. The molecule has 0 unspecified atom stereocenters. The van der Waals surface area contributed by atoms with Crippen molar-refractivity contribution in [3.8, 4) is 5.69 Å². The van der Waals surface area contributed by atoms with Gasteiger partial charge in [-0.1, -0.05) is 6.07 Å². The number of thioether (sulfide) groups is 1. The number of anilines is 2. The Balaban J connectivity index is 1.23. The van der Waals surface area contributed by atoms with Crippen molar-refractivity contribution in [1.82, 2.24) is 19.5 Å². The second-order valence-electron chi connectivity index (χ2n) is 7.56. The van der Waals surface area contributed by atoms with Crippen LogP contribution in [0.3, 0.4) is 0 Å². The molecule has 3 heterocycles. The first kappa shape index (κ1) is 18.2. The van der Waals surface area contributed by atoms with Crippen LogP contribution in [0.4, 0.5) is 11.8 Å². The summed E-state index contributed by atoms with van der Waals surface area (Å²) in [4.78, 5) is 26.4. The van der Waals surface area contributed by atoms with Crippen molar-refractivity contribution >= 4 is 23.5 Å². The van der Waals surface area contributed by atoms with Gasteiger partial charge in [0.25, 0.3) is 5.56 Å². The highest BCUT2D eigenvalue weighted by Gasteiger charge is 2.54. The van der Waals surface area contributed by atoms with Crippen molar-refractivity contribution in [2.75, 3.05) is 16.9 Å². The topological polar surface area (TPSA) is 84.7 Å². The lowest BCUT2D eigenvalue weighted by Crippen LogP contribution is -2.26. The van der Waals surface area contributed by atoms with Gasteiger partial charge >= 0.3 is 0 Å². The summed E-state index contributed by atoms with van der Waals surface area (Å²) in [7, 11) is 0. The van der Waals surface area contributed by atoms with Gasteiger partial charge < -0.3 is 10.6 Å². The summed E-state index contributed by atoms with van der Waals surface area (Å²) in [5, 5.41) is 7.08. The normalized spacial score (nSPS) is 24.7. The molecule has 0 radical (unpaired) electrons. The maximum absolute atomic E-state index is 12.0. The van der Waals surface area contributed by atoms with Gasteiger partial charge in [-0.05, 0) is 49.1 Å². The third kappa shape index (κ3) is 3.72. The van der Waals surface area contributed by atoms with E-state index in [1.165, 1.54) is 6.42 Å². The smallest absolute Gasteiger partial charge is 0.255 e. The second kappa shape index (κ2) is 7.51. The van der Waals surface area contributed by atoms with Crippen LogP contribution >= 0.6 is 11.8 Å². The maximum atomic E-state index is 12.0. The lowest BCUT2D eigenvalue weighted by molar-refractivity contribution is 0.610. The van der Waals surface area contributed by atoms with Gasteiger partial charge in [-0.3, -0.25) is 9.36 Å². The Morgan fingerprint density at radius 1 is 0.966 bits per heavy atom. The van der Waals surface area contributed by atoms with Crippen molar-refractivity contribution in [2.24, 2.45) is 11.8 Å². The first-order valence-electron chi connectivity index (χ1n) is 9.74. The van der Waals surface area contributed by atoms with Gasteiger partial charge in [-0.15, -0.1) is 11.8 Å². The van der Waals surface area contributed by atoms with Crippen LogP contribution in [-0.2, 0) is 0 Å². The van der Waals surface area contributed by atoms with Crippen LogP contribution in [0.25, 0.3) is 5.69 Å². The zero-order valence-electron chi connectivity index (χ0n) is 16.0. The largest absolute Gasteiger partial charge is 0.367 e. The summed E-state index contributed by atoms with van der Waals surface area (Å²) in [5.41, 5.74) is 0.704. The molecule has 0 spiro atoms. The standard InChI is InChI=1S/C21H22N6OS/c1-29-14-11-23-21(24-12-14)26-18-9-17(15-8-16(15)18)25-19-6-5-13(10-22-19)27-7-3-2-4-20(27)28/h2-7,10-12,15-18H,8-9H2,1H3,(H,22,25)(H,23,24,26)/t15-,16+,17+,18+/m0/s1. The van der Waals surface area contributed by atoms with E-state index in [1.54, 1.807) is 40.9 Å². The molecule has 4 atom stereocenters. The van der Waals surface area contributed by atoms with E-state index < -0.39 is 0 Å². The number of hydrogen-bond donors (Lipinski definition) is 2. The van der Waals surface area contributed by atoms with Gasteiger partial charge in [0.2, 0.25) is 5.95 Å². The average Bonchev–Trinajstić information content (AvgIpc) is 3.49. The Labute approximate surface area is 173 Å². The molecule has 2 aliphatic rings. The van der Waals surface area contributed by atoms with Gasteiger partial charge in [0.15, 0.2) is 0 Å². The molecule has 2 fully saturated rings. The van der Waals surface area contributed by atoms with Crippen molar-refractivity contribution in [3.05, 3.63) is 65.5 Å². The summed E-state index contributed by atoms with van der Waals surface area (Å²) in [5.74, 6) is 2.87. The molecule has 2 aliphatic carbocycles. The molecule has 0 amide bonds. The third-order valence-electron chi connectivity index (χ3n) is 5.79. The van der Waals surface area contributed by atoms with Crippen LogP contribution in [-0.4, -0.2) is 37.9 Å². The summed E-state index contributed by atoms with van der Waals surface area (Å²) in [6, 6.07) is 9.76. The Morgan fingerprint density at radius 3 is 2.45 bits per heavy atom. The quantitative estimate of drug-likeness (QED) is 0.609. The molecule has 8 heteroatoms. The summed E-state index contributed by atoms with van der Waals surface area (Å²) >= 11 is 1.64. The minimum atomic E-state index is -0.0617. The molecular weight excluding hydrogens is 384 g/mol. The van der Waals surface area contributed by atoms with Gasteiger partial charge in [0.1, 0.15) is 5.82 Å². The molecule has 3 aromatic rings. The van der Waals surface area contributed by atoms with E-state index >= 15 is 0 Å². The van der Waals surface area contributed by atoms with Crippen molar-refractivity contribution in [2.45, 2.75) is 29.8 Å². The molecule has 2 N–H and O–H groups in total. The molecule has 5 rings (SSSR count). The predicted octanol–water partition coefficient (Wildman–Crippen LogP) is 3.05. The number of rotatable bonds is 6. The fourth-order valence-corrected chi connectivity index (χ4v) is 4.54. The molecule has 0 saturated heterocycles. The van der Waals surface area contributed by atoms with Crippen molar-refractivity contribution in [3.63, 3.8) is 0 Å². The molecule has 3 aromatic heterocycles. The number of fused-ring (bicyclic) bond motifs is 1. The van der Waals surface area contributed by atoms with E-state index in [0.717, 1.165) is 22.8 Å². The highest BCUT2D eigenvalue weighted by Crippen LogP contribution is 2.53. The highest BCUT2D eigenvalue weighted by molar-refractivity contribution is 7.98. The zero-order valence-corrected chi connectivity index (χ0v) is 16.8. The first-order chi connectivity index (χ1) is 14.2. The highest BCUT2D eigenvalue weighted by atomic mass is 32.2. The van der Waals surface area contributed by atoms with Crippen molar-refractivity contribution < 1.29 is 0 Å². The molecule has 0 aliphatic heterocycles. The van der Waals surface area contributed by atoms with E-state index in [-0.39, 0.29) is 5.56 Å². The number of pyridine rings is 2. The molecule has 148 valence electrons. The fourth-order valence-electron chi connectivity index (χ4n) is 4.22. The lowest BCUT2D eigenvalue weighted by Gasteiger charge is -2.19. The lowest BCUT2D eigenvalue weighted by atomic mass is 10.1. The van der Waals surface area contributed by atoms with Crippen LogP contribution < -0.4 is 16.2 Å². The number of nitrogens with one attached hydrogen (secondary N) is 2.